The Kier molecular flexibility index (Phi) is 4.87. The molecule has 1 unspecified atom stereocenters. The van der Waals surface area contributed by atoms with Gasteiger partial charge in [-0.15, -0.1) is 0 Å². The largest absolute Gasteiger partial charge is 0.389 e. The Hall–Kier alpha value is -1.72. The third-order valence-electron chi connectivity index (χ3n) is 2.91. The minimum atomic E-state index is -0.106. The van der Waals surface area contributed by atoms with Crippen molar-refractivity contribution in [2.24, 2.45) is 5.73 Å². The van der Waals surface area contributed by atoms with Crippen molar-refractivity contribution in [3.63, 3.8) is 0 Å². The molecule has 1 aromatic carbocycles. The first-order chi connectivity index (χ1) is 9.56. The van der Waals surface area contributed by atoms with E-state index in [4.69, 9.17) is 18.0 Å². The van der Waals surface area contributed by atoms with Gasteiger partial charge in [-0.2, -0.15) is 11.3 Å². The zero-order valence-electron chi connectivity index (χ0n) is 11.1. The summed E-state index contributed by atoms with van der Waals surface area (Å²) in [6.45, 7) is 1.99. The van der Waals surface area contributed by atoms with E-state index in [0.29, 0.717) is 16.1 Å². The Morgan fingerprint density at radius 1 is 1.40 bits per heavy atom. The third-order valence-corrected chi connectivity index (χ3v) is 3.88. The van der Waals surface area contributed by atoms with Crippen LogP contribution in [-0.4, -0.2) is 16.9 Å². The first kappa shape index (κ1) is 14.7. The van der Waals surface area contributed by atoms with Crippen molar-refractivity contribution >= 4 is 34.5 Å². The van der Waals surface area contributed by atoms with Crippen LogP contribution in [0.4, 0.5) is 0 Å². The summed E-state index contributed by atoms with van der Waals surface area (Å²) in [4.78, 5) is 12.5. The molecule has 3 nitrogen and oxygen atoms in total. The lowest BCUT2D eigenvalue weighted by Gasteiger charge is -2.13. The predicted octanol–water partition coefficient (Wildman–Crippen LogP) is 2.74. The van der Waals surface area contributed by atoms with Gasteiger partial charge >= 0.3 is 0 Å². The molecule has 5 heteroatoms. The van der Waals surface area contributed by atoms with Crippen LogP contribution in [0.2, 0.25) is 0 Å². The molecule has 1 atom stereocenters. The van der Waals surface area contributed by atoms with Crippen molar-refractivity contribution in [3.05, 3.63) is 57.8 Å². The summed E-state index contributed by atoms with van der Waals surface area (Å²) in [5, 5.41) is 7.11. The van der Waals surface area contributed by atoms with Crippen molar-refractivity contribution < 1.29 is 4.79 Å². The van der Waals surface area contributed by atoms with E-state index in [2.05, 4.69) is 16.8 Å². The third kappa shape index (κ3) is 3.88. The van der Waals surface area contributed by atoms with Gasteiger partial charge in [-0.3, -0.25) is 4.79 Å². The fourth-order valence-corrected chi connectivity index (χ4v) is 2.74. The molecule has 0 aliphatic rings. The standard InChI is InChI=1S/C15H16N2OS2/c1-10(7-11-5-6-20-9-11)17-15(18)13-4-2-3-12(8-13)14(16)19/h2-6,8-10H,7H2,1H3,(H2,16,19)(H,17,18). The molecule has 2 aromatic rings. The summed E-state index contributed by atoms with van der Waals surface area (Å²) in [5.74, 6) is -0.106. The highest BCUT2D eigenvalue weighted by Crippen LogP contribution is 2.10. The zero-order valence-corrected chi connectivity index (χ0v) is 12.8. The number of carbonyl (C=O) groups is 1. The lowest BCUT2D eigenvalue weighted by Crippen LogP contribution is -2.34. The molecule has 2 rings (SSSR count). The van der Waals surface area contributed by atoms with Gasteiger partial charge in [-0.25, -0.2) is 0 Å². The van der Waals surface area contributed by atoms with Gasteiger partial charge in [0.1, 0.15) is 4.99 Å². The van der Waals surface area contributed by atoms with Crippen molar-refractivity contribution in [1.82, 2.24) is 5.32 Å². The smallest absolute Gasteiger partial charge is 0.251 e. The second kappa shape index (κ2) is 6.63. The summed E-state index contributed by atoms with van der Waals surface area (Å²) in [5.41, 5.74) is 8.09. The summed E-state index contributed by atoms with van der Waals surface area (Å²) < 4.78 is 0. The maximum absolute atomic E-state index is 12.2. The van der Waals surface area contributed by atoms with E-state index in [-0.39, 0.29) is 11.9 Å². The highest BCUT2D eigenvalue weighted by Gasteiger charge is 2.11. The van der Waals surface area contributed by atoms with Gasteiger partial charge in [0.2, 0.25) is 0 Å². The van der Waals surface area contributed by atoms with E-state index >= 15 is 0 Å². The van der Waals surface area contributed by atoms with Crippen LogP contribution in [0, 0.1) is 0 Å². The number of nitrogens with one attached hydrogen (secondary N) is 1. The number of benzene rings is 1. The number of rotatable bonds is 5. The van der Waals surface area contributed by atoms with Crippen LogP contribution in [0.25, 0.3) is 0 Å². The maximum Gasteiger partial charge on any atom is 0.251 e. The molecule has 20 heavy (non-hydrogen) atoms. The van der Waals surface area contributed by atoms with Crippen LogP contribution in [0.5, 0.6) is 0 Å². The minimum absolute atomic E-state index is 0.0746. The van der Waals surface area contributed by atoms with Crippen LogP contribution >= 0.6 is 23.6 Å². The van der Waals surface area contributed by atoms with Gasteiger partial charge in [-0.05, 0) is 47.9 Å². The summed E-state index contributed by atoms with van der Waals surface area (Å²) in [6, 6.07) is 9.20. The average Bonchev–Trinajstić information content (AvgIpc) is 2.91. The number of hydrogen-bond acceptors (Lipinski definition) is 3. The van der Waals surface area contributed by atoms with Crippen molar-refractivity contribution in [2.45, 2.75) is 19.4 Å². The fourth-order valence-electron chi connectivity index (χ4n) is 1.93. The lowest BCUT2D eigenvalue weighted by molar-refractivity contribution is 0.0940. The van der Waals surface area contributed by atoms with Crippen LogP contribution in [0.15, 0.2) is 41.1 Å². The van der Waals surface area contributed by atoms with E-state index in [1.165, 1.54) is 5.56 Å². The maximum atomic E-state index is 12.2. The molecule has 1 aromatic heterocycles. The normalized spacial score (nSPS) is 11.8. The SMILES string of the molecule is CC(Cc1ccsc1)NC(=O)c1cccc(C(N)=S)c1. The highest BCUT2D eigenvalue weighted by molar-refractivity contribution is 7.80. The molecule has 1 heterocycles. The minimum Gasteiger partial charge on any atom is -0.389 e. The number of hydrogen-bond donors (Lipinski definition) is 2. The van der Waals surface area contributed by atoms with E-state index in [1.807, 2.05) is 12.3 Å². The molecule has 0 aliphatic heterocycles. The fraction of sp³-hybridized carbons (Fsp3) is 0.200. The quantitative estimate of drug-likeness (QED) is 0.835. The zero-order chi connectivity index (χ0) is 14.5. The van der Waals surface area contributed by atoms with Crippen molar-refractivity contribution in [2.75, 3.05) is 0 Å². The van der Waals surface area contributed by atoms with Gasteiger partial charge in [0.25, 0.3) is 5.91 Å². The molecule has 3 N–H and O–H groups in total. The molecular formula is C15H16N2OS2. The molecule has 0 saturated carbocycles. The summed E-state index contributed by atoms with van der Waals surface area (Å²) in [7, 11) is 0. The second-order valence-corrected chi connectivity index (χ2v) is 5.88. The molecular weight excluding hydrogens is 288 g/mol. The predicted molar refractivity (Wildman–Crippen MR) is 87.3 cm³/mol. The van der Waals surface area contributed by atoms with Crippen LogP contribution in [0.3, 0.4) is 0 Å². The summed E-state index contributed by atoms with van der Waals surface area (Å²) >= 11 is 6.58. The van der Waals surface area contributed by atoms with Gasteiger partial charge in [0, 0.05) is 17.2 Å². The Labute approximate surface area is 127 Å². The molecule has 0 bridgehead atoms. The second-order valence-electron chi connectivity index (χ2n) is 4.66. The molecule has 0 aliphatic carbocycles. The highest BCUT2D eigenvalue weighted by atomic mass is 32.1. The molecule has 0 fully saturated rings. The average molecular weight is 304 g/mol. The number of thiocarbonyl (C=S) groups is 1. The number of carbonyl (C=O) groups excluding carboxylic acids is 1. The monoisotopic (exact) mass is 304 g/mol. The Morgan fingerprint density at radius 3 is 2.80 bits per heavy atom. The van der Waals surface area contributed by atoms with Crippen LogP contribution in [0.1, 0.15) is 28.4 Å². The number of nitrogens with two attached hydrogens (primary N) is 1. The van der Waals surface area contributed by atoms with Gasteiger partial charge in [0.15, 0.2) is 0 Å². The number of amides is 1. The molecule has 104 valence electrons. The molecule has 0 saturated heterocycles. The van der Waals surface area contributed by atoms with Gasteiger partial charge in [-0.1, -0.05) is 24.4 Å². The Bertz CT molecular complexity index is 608. The van der Waals surface area contributed by atoms with Gasteiger partial charge < -0.3 is 11.1 Å². The van der Waals surface area contributed by atoms with Crippen LogP contribution in [-0.2, 0) is 6.42 Å². The van der Waals surface area contributed by atoms with E-state index in [1.54, 1.807) is 35.6 Å². The number of thiophene rings is 1. The van der Waals surface area contributed by atoms with E-state index < -0.39 is 0 Å². The first-order valence-electron chi connectivity index (χ1n) is 6.28. The summed E-state index contributed by atoms with van der Waals surface area (Å²) in [6.07, 6.45) is 0.824. The molecule has 1 amide bonds. The van der Waals surface area contributed by atoms with Gasteiger partial charge in [0.05, 0.1) is 0 Å². The topological polar surface area (TPSA) is 55.1 Å². The Morgan fingerprint density at radius 2 is 2.15 bits per heavy atom. The van der Waals surface area contributed by atoms with Crippen molar-refractivity contribution in [1.29, 1.82) is 0 Å². The molecule has 0 radical (unpaired) electrons. The van der Waals surface area contributed by atoms with Crippen LogP contribution < -0.4 is 11.1 Å². The van der Waals surface area contributed by atoms with E-state index in [9.17, 15) is 4.79 Å². The molecule has 0 spiro atoms. The van der Waals surface area contributed by atoms with Crippen molar-refractivity contribution in [3.8, 4) is 0 Å². The first-order valence-corrected chi connectivity index (χ1v) is 7.63. The Balaban J connectivity index is 2.00. The lowest BCUT2D eigenvalue weighted by atomic mass is 10.1. The van der Waals surface area contributed by atoms with E-state index in [0.717, 1.165) is 6.42 Å².